The van der Waals surface area contributed by atoms with Gasteiger partial charge in [-0.05, 0) is 62.3 Å². The summed E-state index contributed by atoms with van der Waals surface area (Å²) >= 11 is 0. The van der Waals surface area contributed by atoms with Crippen molar-refractivity contribution in [3.05, 3.63) is 36.6 Å². The van der Waals surface area contributed by atoms with E-state index < -0.39 is 6.09 Å². The zero-order valence-electron chi connectivity index (χ0n) is 15.9. The third-order valence-corrected chi connectivity index (χ3v) is 4.99. The van der Waals surface area contributed by atoms with Gasteiger partial charge in [0, 0.05) is 19.6 Å². The Morgan fingerprint density at radius 3 is 2.52 bits per heavy atom. The number of hydrogen-bond acceptors (Lipinski definition) is 5. The lowest BCUT2D eigenvalue weighted by atomic mass is 9.88. The van der Waals surface area contributed by atoms with Gasteiger partial charge in [-0.1, -0.05) is 18.7 Å². The second kappa shape index (κ2) is 11.3. The minimum Gasteiger partial charge on any atom is -0.449 e. The van der Waals surface area contributed by atoms with Crippen LogP contribution in [0, 0.1) is 5.92 Å². The van der Waals surface area contributed by atoms with E-state index >= 15 is 0 Å². The van der Waals surface area contributed by atoms with Crippen LogP contribution in [0.4, 0.5) is 9.59 Å². The van der Waals surface area contributed by atoms with E-state index in [1.54, 1.807) is 23.1 Å². The Labute approximate surface area is 161 Å². The molecule has 0 atom stereocenters. The van der Waals surface area contributed by atoms with Crippen molar-refractivity contribution in [2.24, 2.45) is 11.7 Å². The highest BCUT2D eigenvalue weighted by Gasteiger charge is 2.26. The van der Waals surface area contributed by atoms with Gasteiger partial charge in [-0.3, -0.25) is 0 Å². The predicted octanol–water partition coefficient (Wildman–Crippen LogP) is 3.09. The molecule has 3 N–H and O–H groups in total. The monoisotopic (exact) mass is 377 g/mol. The number of nitrogens with zero attached hydrogens (tertiary/aromatic N) is 1. The van der Waals surface area contributed by atoms with Crippen molar-refractivity contribution in [1.29, 1.82) is 0 Å². The molecule has 1 heterocycles. The van der Waals surface area contributed by atoms with Crippen LogP contribution >= 0.6 is 0 Å². The molecule has 2 rings (SSSR count). The minimum absolute atomic E-state index is 0.0874. The molecule has 0 spiro atoms. The summed E-state index contributed by atoms with van der Waals surface area (Å²) < 4.78 is 10.9. The summed E-state index contributed by atoms with van der Waals surface area (Å²) in [4.78, 5) is 25.6. The summed E-state index contributed by atoms with van der Waals surface area (Å²) in [5.74, 6) is 0.345. The topological polar surface area (TPSA) is 93.9 Å². The van der Waals surface area contributed by atoms with Gasteiger partial charge in [0.1, 0.15) is 6.10 Å². The average Bonchev–Trinajstić information content (AvgIpc) is 3.22. The van der Waals surface area contributed by atoms with Crippen LogP contribution in [0.25, 0.3) is 0 Å². The predicted molar refractivity (Wildman–Crippen MR) is 104 cm³/mol. The number of amides is 2. The summed E-state index contributed by atoms with van der Waals surface area (Å²) in [5, 5.41) is 2.72. The summed E-state index contributed by atoms with van der Waals surface area (Å²) in [6.07, 6.45) is 11.3. The zero-order chi connectivity index (χ0) is 19.5. The van der Waals surface area contributed by atoms with Crippen molar-refractivity contribution in [2.75, 3.05) is 26.2 Å². The molecule has 2 amide bonds. The zero-order valence-corrected chi connectivity index (χ0v) is 15.9. The van der Waals surface area contributed by atoms with Gasteiger partial charge in [0.25, 0.3) is 0 Å². The third-order valence-electron chi connectivity index (χ3n) is 4.99. The van der Waals surface area contributed by atoms with Crippen LogP contribution in [-0.2, 0) is 9.47 Å². The number of carbonyl (C=O) groups excluding carboxylic acids is 2. The highest BCUT2D eigenvalue weighted by atomic mass is 16.6. The van der Waals surface area contributed by atoms with Crippen LogP contribution in [0.3, 0.4) is 0 Å². The quantitative estimate of drug-likeness (QED) is 0.665. The molecule has 1 saturated heterocycles. The number of nitrogens with two attached hydrogens (primary N) is 1. The molecular weight excluding hydrogens is 346 g/mol. The van der Waals surface area contributed by atoms with Gasteiger partial charge in [0.15, 0.2) is 0 Å². The Balaban J connectivity index is 1.61. The van der Waals surface area contributed by atoms with E-state index in [1.807, 2.05) is 0 Å². The Hall–Kier alpha value is -2.44. The van der Waals surface area contributed by atoms with Crippen molar-refractivity contribution in [3.63, 3.8) is 0 Å². The van der Waals surface area contributed by atoms with Crippen molar-refractivity contribution >= 4 is 12.2 Å². The number of rotatable bonds is 7. The molecule has 7 heteroatoms. The number of nitrogens with one attached hydrogen (secondary N) is 1. The van der Waals surface area contributed by atoms with Crippen LogP contribution in [0.1, 0.15) is 38.5 Å². The second-order valence-electron chi connectivity index (χ2n) is 7.00. The fourth-order valence-electron chi connectivity index (χ4n) is 3.34. The number of hydrogen-bond donors (Lipinski definition) is 2. The molecule has 150 valence electrons. The van der Waals surface area contributed by atoms with Gasteiger partial charge in [-0.15, -0.1) is 0 Å². The number of allylic oxidation sites excluding steroid dienone is 2. The van der Waals surface area contributed by atoms with Gasteiger partial charge in [-0.25, -0.2) is 9.59 Å². The largest absolute Gasteiger partial charge is 0.449 e. The molecule has 0 aromatic heterocycles. The van der Waals surface area contributed by atoms with Gasteiger partial charge in [0.2, 0.25) is 0 Å². The molecule has 0 bridgehead atoms. The highest BCUT2D eigenvalue weighted by Crippen LogP contribution is 2.27. The van der Waals surface area contributed by atoms with Crippen molar-refractivity contribution < 1.29 is 19.1 Å². The van der Waals surface area contributed by atoms with Crippen LogP contribution in [0.2, 0.25) is 0 Å². The fourth-order valence-corrected chi connectivity index (χ4v) is 3.34. The number of carbonyl (C=O) groups is 2. The van der Waals surface area contributed by atoms with Crippen molar-refractivity contribution in [3.8, 4) is 0 Å². The van der Waals surface area contributed by atoms with Gasteiger partial charge in [-0.2, -0.15) is 0 Å². The van der Waals surface area contributed by atoms with E-state index in [-0.39, 0.29) is 12.2 Å². The lowest BCUT2D eigenvalue weighted by molar-refractivity contribution is 0.0448. The SMILES string of the molecule is C=CC(=CC=CN)CNC(=O)OC1CCC(COC(=O)N2CCCC2)CC1. The van der Waals surface area contributed by atoms with Gasteiger partial charge in [0.05, 0.1) is 6.61 Å². The lowest BCUT2D eigenvalue weighted by Crippen LogP contribution is -2.34. The molecule has 0 aromatic rings. The van der Waals surface area contributed by atoms with Crippen LogP contribution < -0.4 is 11.1 Å². The standard InChI is InChI=1S/C20H31N3O4/c1-2-16(6-5-11-21)14-22-19(24)27-18-9-7-17(8-10-18)15-26-20(25)23-12-3-4-13-23/h2,5-6,11,17-18H,1,3-4,7-10,12-15,21H2,(H,22,24). The van der Waals surface area contributed by atoms with E-state index in [0.29, 0.717) is 19.1 Å². The summed E-state index contributed by atoms with van der Waals surface area (Å²) in [6.45, 7) is 6.10. The molecule has 0 radical (unpaired) electrons. The third kappa shape index (κ3) is 7.37. The van der Waals surface area contributed by atoms with E-state index in [9.17, 15) is 9.59 Å². The Kier molecular flexibility index (Phi) is 8.74. The van der Waals surface area contributed by atoms with Crippen LogP contribution in [0.15, 0.2) is 36.6 Å². The number of alkyl carbamates (subject to hydrolysis) is 1. The molecule has 0 aromatic carbocycles. The van der Waals surface area contributed by atoms with E-state index in [0.717, 1.165) is 57.2 Å². The van der Waals surface area contributed by atoms with E-state index in [4.69, 9.17) is 15.2 Å². The molecule has 2 fully saturated rings. The van der Waals surface area contributed by atoms with Crippen molar-refractivity contribution in [2.45, 2.75) is 44.6 Å². The molecule has 1 aliphatic heterocycles. The fraction of sp³-hybridized carbons (Fsp3) is 0.600. The molecule has 27 heavy (non-hydrogen) atoms. The summed E-state index contributed by atoms with van der Waals surface area (Å²) in [6, 6.07) is 0. The van der Waals surface area contributed by atoms with E-state index in [1.165, 1.54) is 6.20 Å². The maximum Gasteiger partial charge on any atom is 0.409 e. The highest BCUT2D eigenvalue weighted by molar-refractivity contribution is 5.68. The van der Waals surface area contributed by atoms with Crippen LogP contribution in [0.5, 0.6) is 0 Å². The normalized spacial score (nSPS) is 23.3. The maximum absolute atomic E-state index is 11.9. The molecule has 2 aliphatic rings. The summed E-state index contributed by atoms with van der Waals surface area (Å²) in [5.41, 5.74) is 6.14. The Morgan fingerprint density at radius 2 is 1.89 bits per heavy atom. The molecule has 1 saturated carbocycles. The van der Waals surface area contributed by atoms with Crippen molar-refractivity contribution in [1.82, 2.24) is 10.2 Å². The lowest BCUT2D eigenvalue weighted by Gasteiger charge is -2.28. The van der Waals surface area contributed by atoms with E-state index in [2.05, 4.69) is 11.9 Å². The van der Waals surface area contributed by atoms with Gasteiger partial charge >= 0.3 is 12.2 Å². The molecule has 0 unspecified atom stereocenters. The maximum atomic E-state index is 11.9. The average molecular weight is 377 g/mol. The number of ether oxygens (including phenoxy) is 2. The first kappa shape index (κ1) is 20.9. The Morgan fingerprint density at radius 1 is 1.19 bits per heavy atom. The Bertz CT molecular complexity index is 560. The first-order chi connectivity index (χ1) is 13.1. The smallest absolute Gasteiger partial charge is 0.409 e. The molecule has 1 aliphatic carbocycles. The first-order valence-corrected chi connectivity index (χ1v) is 9.68. The minimum atomic E-state index is -0.427. The van der Waals surface area contributed by atoms with Crippen LogP contribution in [-0.4, -0.2) is 49.4 Å². The molecular formula is C20H31N3O4. The van der Waals surface area contributed by atoms with Gasteiger partial charge < -0.3 is 25.4 Å². The second-order valence-corrected chi connectivity index (χ2v) is 7.00. The molecule has 7 nitrogen and oxygen atoms in total. The first-order valence-electron chi connectivity index (χ1n) is 9.68. The number of likely N-dealkylation sites (tertiary alicyclic amines) is 1. The summed E-state index contributed by atoms with van der Waals surface area (Å²) in [7, 11) is 0.